The molecule has 0 spiro atoms. The SMILES string of the molecule is O=C1Nc2ccccc2NC(=O)c2ccccc2OCCOc2ccccc21. The van der Waals surface area contributed by atoms with Crippen LogP contribution < -0.4 is 20.1 Å². The Balaban J connectivity index is 1.75. The normalized spacial score (nSPS) is 14.0. The highest BCUT2D eigenvalue weighted by molar-refractivity contribution is 6.11. The van der Waals surface area contributed by atoms with Crippen LogP contribution in [0.3, 0.4) is 0 Å². The van der Waals surface area contributed by atoms with Gasteiger partial charge in [0, 0.05) is 0 Å². The maximum absolute atomic E-state index is 12.8. The lowest BCUT2D eigenvalue weighted by Crippen LogP contribution is -2.20. The van der Waals surface area contributed by atoms with Gasteiger partial charge in [-0.25, -0.2) is 0 Å². The Labute approximate surface area is 162 Å². The van der Waals surface area contributed by atoms with Gasteiger partial charge in [-0.05, 0) is 36.4 Å². The Hall–Kier alpha value is -3.80. The van der Waals surface area contributed by atoms with Gasteiger partial charge in [0.05, 0.1) is 22.5 Å². The number of amides is 2. The molecule has 0 fully saturated rings. The molecule has 1 heterocycles. The maximum atomic E-state index is 12.8. The summed E-state index contributed by atoms with van der Waals surface area (Å²) in [5.74, 6) is 0.289. The molecule has 2 N–H and O–H groups in total. The highest BCUT2D eigenvalue weighted by Crippen LogP contribution is 2.27. The molecular weight excluding hydrogens is 356 g/mol. The fourth-order valence-electron chi connectivity index (χ4n) is 2.94. The van der Waals surface area contributed by atoms with Gasteiger partial charge in [-0.3, -0.25) is 9.59 Å². The van der Waals surface area contributed by atoms with Gasteiger partial charge in [-0.1, -0.05) is 36.4 Å². The van der Waals surface area contributed by atoms with Crippen molar-refractivity contribution in [1.82, 2.24) is 0 Å². The third-order valence-electron chi connectivity index (χ3n) is 4.29. The Morgan fingerprint density at radius 3 is 1.43 bits per heavy atom. The van der Waals surface area contributed by atoms with Crippen molar-refractivity contribution in [3.8, 4) is 11.5 Å². The molecule has 0 unspecified atom stereocenters. The number of carbonyl (C=O) groups excluding carboxylic acids is 2. The standard InChI is InChI=1S/C22H18N2O4/c25-21-15-7-1-5-11-19(15)27-13-14-28-20-12-6-2-8-16(20)22(26)24-18-10-4-3-9-17(18)23-21/h1-12H,13-14H2,(H,23,25)(H,24,26). The highest BCUT2D eigenvalue weighted by atomic mass is 16.5. The summed E-state index contributed by atoms with van der Waals surface area (Å²) in [6.45, 7) is 0.466. The summed E-state index contributed by atoms with van der Waals surface area (Å²) in [5, 5.41) is 5.70. The molecule has 0 radical (unpaired) electrons. The third-order valence-corrected chi connectivity index (χ3v) is 4.29. The quantitative estimate of drug-likeness (QED) is 0.624. The number of hydrogen-bond donors (Lipinski definition) is 2. The second-order valence-corrected chi connectivity index (χ2v) is 6.14. The summed E-state index contributed by atoms with van der Waals surface area (Å²) >= 11 is 0. The number of anilines is 2. The average Bonchev–Trinajstić information content (AvgIpc) is 2.72. The molecule has 0 aliphatic carbocycles. The van der Waals surface area contributed by atoms with E-state index in [2.05, 4.69) is 10.6 Å². The molecule has 6 nitrogen and oxygen atoms in total. The van der Waals surface area contributed by atoms with Crippen molar-refractivity contribution in [3.05, 3.63) is 83.9 Å². The molecule has 3 aromatic carbocycles. The molecule has 0 saturated heterocycles. The molecule has 6 heteroatoms. The predicted molar refractivity (Wildman–Crippen MR) is 106 cm³/mol. The maximum Gasteiger partial charge on any atom is 0.259 e. The fourth-order valence-corrected chi connectivity index (χ4v) is 2.94. The molecule has 1 aliphatic heterocycles. The lowest BCUT2D eigenvalue weighted by Gasteiger charge is -2.17. The lowest BCUT2D eigenvalue weighted by molar-refractivity contribution is 0.100. The Kier molecular flexibility index (Phi) is 4.93. The fraction of sp³-hybridized carbons (Fsp3) is 0.0909. The Morgan fingerprint density at radius 2 is 0.964 bits per heavy atom. The van der Waals surface area contributed by atoms with Crippen LogP contribution in [-0.2, 0) is 0 Å². The Morgan fingerprint density at radius 1 is 0.571 bits per heavy atom. The number of hydrogen-bond acceptors (Lipinski definition) is 4. The van der Waals surface area contributed by atoms with E-state index in [1.54, 1.807) is 72.8 Å². The first kappa shape index (κ1) is 17.6. The molecule has 1 aliphatic rings. The highest BCUT2D eigenvalue weighted by Gasteiger charge is 2.18. The number of para-hydroxylation sites is 4. The number of benzene rings is 3. The van der Waals surface area contributed by atoms with Crippen molar-refractivity contribution in [1.29, 1.82) is 0 Å². The van der Waals surface area contributed by atoms with Crippen LogP contribution in [0.5, 0.6) is 11.5 Å². The van der Waals surface area contributed by atoms with Crippen molar-refractivity contribution in [2.75, 3.05) is 23.8 Å². The van der Waals surface area contributed by atoms with Gasteiger partial charge in [0.1, 0.15) is 24.7 Å². The molecule has 28 heavy (non-hydrogen) atoms. The average molecular weight is 374 g/mol. The Bertz CT molecular complexity index is 950. The van der Waals surface area contributed by atoms with Crippen LogP contribution in [0.25, 0.3) is 0 Å². The zero-order chi connectivity index (χ0) is 19.3. The van der Waals surface area contributed by atoms with E-state index >= 15 is 0 Å². The van der Waals surface area contributed by atoms with E-state index in [0.29, 0.717) is 34.0 Å². The summed E-state index contributed by atoms with van der Waals surface area (Å²) in [5.41, 5.74) is 1.79. The molecule has 0 aromatic heterocycles. The van der Waals surface area contributed by atoms with E-state index in [4.69, 9.17) is 9.47 Å². The first-order chi connectivity index (χ1) is 13.7. The summed E-state index contributed by atoms with van der Waals surface area (Å²) in [6.07, 6.45) is 0. The third kappa shape index (κ3) is 3.66. The number of fused-ring (bicyclic) bond motifs is 3. The van der Waals surface area contributed by atoms with E-state index in [0.717, 1.165) is 0 Å². The van der Waals surface area contributed by atoms with Crippen LogP contribution in [0.4, 0.5) is 11.4 Å². The van der Waals surface area contributed by atoms with Gasteiger partial charge < -0.3 is 20.1 Å². The molecule has 0 bridgehead atoms. The van der Waals surface area contributed by atoms with Crippen molar-refractivity contribution < 1.29 is 19.1 Å². The van der Waals surface area contributed by atoms with Gasteiger partial charge in [-0.15, -0.1) is 0 Å². The van der Waals surface area contributed by atoms with Gasteiger partial charge in [0.2, 0.25) is 0 Å². The minimum atomic E-state index is -0.323. The number of nitrogens with one attached hydrogen (secondary N) is 2. The zero-order valence-electron chi connectivity index (χ0n) is 15.0. The van der Waals surface area contributed by atoms with E-state index in [-0.39, 0.29) is 25.0 Å². The van der Waals surface area contributed by atoms with Gasteiger partial charge in [-0.2, -0.15) is 0 Å². The van der Waals surface area contributed by atoms with E-state index in [1.165, 1.54) is 0 Å². The largest absolute Gasteiger partial charge is 0.489 e. The zero-order valence-corrected chi connectivity index (χ0v) is 15.0. The van der Waals surface area contributed by atoms with Crippen LogP contribution in [0.15, 0.2) is 72.8 Å². The van der Waals surface area contributed by atoms with Gasteiger partial charge in [0.15, 0.2) is 0 Å². The summed E-state index contributed by atoms with van der Waals surface area (Å²) < 4.78 is 11.5. The summed E-state index contributed by atoms with van der Waals surface area (Å²) in [4.78, 5) is 25.6. The molecule has 4 rings (SSSR count). The number of ether oxygens (including phenoxy) is 2. The second kappa shape index (κ2) is 7.84. The van der Waals surface area contributed by atoms with Crippen LogP contribution in [-0.4, -0.2) is 25.0 Å². The molecule has 0 atom stereocenters. The number of carbonyl (C=O) groups is 2. The van der Waals surface area contributed by atoms with E-state index in [9.17, 15) is 9.59 Å². The van der Waals surface area contributed by atoms with Gasteiger partial charge in [0.25, 0.3) is 11.8 Å². The molecule has 140 valence electrons. The molecular formula is C22H18N2O4. The van der Waals surface area contributed by atoms with Crippen LogP contribution in [0.1, 0.15) is 20.7 Å². The lowest BCUT2D eigenvalue weighted by atomic mass is 10.1. The van der Waals surface area contributed by atoms with Crippen LogP contribution in [0.2, 0.25) is 0 Å². The summed E-state index contributed by atoms with van der Waals surface area (Å²) in [6, 6.07) is 21.0. The van der Waals surface area contributed by atoms with Crippen LogP contribution >= 0.6 is 0 Å². The molecule has 3 aromatic rings. The van der Waals surface area contributed by atoms with Crippen molar-refractivity contribution >= 4 is 23.2 Å². The van der Waals surface area contributed by atoms with E-state index < -0.39 is 0 Å². The molecule has 0 saturated carbocycles. The smallest absolute Gasteiger partial charge is 0.259 e. The first-order valence-electron chi connectivity index (χ1n) is 8.88. The van der Waals surface area contributed by atoms with Crippen molar-refractivity contribution in [3.63, 3.8) is 0 Å². The first-order valence-corrected chi connectivity index (χ1v) is 8.88. The van der Waals surface area contributed by atoms with Crippen molar-refractivity contribution in [2.24, 2.45) is 0 Å². The predicted octanol–water partition coefficient (Wildman–Crippen LogP) is 3.96. The monoisotopic (exact) mass is 374 g/mol. The topological polar surface area (TPSA) is 76.7 Å². The minimum Gasteiger partial charge on any atom is -0.489 e. The van der Waals surface area contributed by atoms with Gasteiger partial charge >= 0.3 is 0 Å². The summed E-state index contributed by atoms with van der Waals surface area (Å²) in [7, 11) is 0. The second-order valence-electron chi connectivity index (χ2n) is 6.14. The van der Waals surface area contributed by atoms with Crippen molar-refractivity contribution in [2.45, 2.75) is 0 Å². The number of rotatable bonds is 0. The van der Waals surface area contributed by atoms with Crippen LogP contribution in [0, 0.1) is 0 Å². The minimum absolute atomic E-state index is 0.233. The molecule has 2 amide bonds. The van der Waals surface area contributed by atoms with E-state index in [1.807, 2.05) is 0 Å².